The molecule has 2 heterocycles. The zero-order valence-corrected chi connectivity index (χ0v) is 8.86. The van der Waals surface area contributed by atoms with Crippen LogP contribution in [0.2, 0.25) is 0 Å². The Morgan fingerprint density at radius 2 is 2.00 bits per heavy atom. The van der Waals surface area contributed by atoms with Crippen LogP contribution in [-0.4, -0.2) is 18.6 Å². The molecule has 0 atom stereocenters. The molecule has 0 unspecified atom stereocenters. The zero-order valence-electron chi connectivity index (χ0n) is 8.86. The normalized spacial score (nSPS) is 19.9. The minimum absolute atomic E-state index is 0.132. The summed E-state index contributed by atoms with van der Waals surface area (Å²) in [6.45, 7) is 0.217. The second kappa shape index (κ2) is 3.62. The summed E-state index contributed by atoms with van der Waals surface area (Å²) in [4.78, 5) is 22.4. The smallest absolute Gasteiger partial charge is 0.254 e. The van der Waals surface area contributed by atoms with Crippen molar-refractivity contribution < 1.29 is 19.1 Å². The number of benzene rings is 1. The minimum atomic E-state index is -0.326. The van der Waals surface area contributed by atoms with Gasteiger partial charge in [0.05, 0.1) is 6.42 Å². The van der Waals surface area contributed by atoms with Crippen LogP contribution in [0.5, 0.6) is 11.5 Å². The Hall–Kier alpha value is -2.30. The van der Waals surface area contributed by atoms with Crippen LogP contribution in [0.15, 0.2) is 23.8 Å². The third kappa shape index (κ3) is 1.75. The highest BCUT2D eigenvalue weighted by molar-refractivity contribution is 6.15. The van der Waals surface area contributed by atoms with Gasteiger partial charge < -0.3 is 9.47 Å². The molecule has 0 aromatic heterocycles. The SMILES string of the molecule is O=C1C/C(=C\c2ccc3c(c2)OCO3)C(=O)N1. The van der Waals surface area contributed by atoms with Gasteiger partial charge in [0.2, 0.25) is 12.7 Å². The van der Waals surface area contributed by atoms with Crippen LogP contribution in [0.1, 0.15) is 12.0 Å². The first kappa shape index (κ1) is 9.89. The highest BCUT2D eigenvalue weighted by Gasteiger charge is 2.23. The van der Waals surface area contributed by atoms with Crippen LogP contribution >= 0.6 is 0 Å². The number of imide groups is 1. The van der Waals surface area contributed by atoms with Gasteiger partial charge in [0.1, 0.15) is 0 Å². The minimum Gasteiger partial charge on any atom is -0.454 e. The average Bonchev–Trinajstić information content (AvgIpc) is 2.85. The molecule has 0 spiro atoms. The maximum Gasteiger partial charge on any atom is 0.254 e. The summed E-state index contributed by atoms with van der Waals surface area (Å²) in [5, 5.41) is 2.24. The third-order valence-electron chi connectivity index (χ3n) is 2.63. The summed E-state index contributed by atoms with van der Waals surface area (Å²) in [5.41, 5.74) is 1.28. The first-order valence-electron chi connectivity index (χ1n) is 5.17. The van der Waals surface area contributed by atoms with Gasteiger partial charge in [0.15, 0.2) is 11.5 Å². The highest BCUT2D eigenvalue weighted by atomic mass is 16.7. The van der Waals surface area contributed by atoms with Crippen molar-refractivity contribution in [3.8, 4) is 11.5 Å². The number of carbonyl (C=O) groups excluding carboxylic acids is 2. The first-order valence-corrected chi connectivity index (χ1v) is 5.17. The van der Waals surface area contributed by atoms with E-state index in [4.69, 9.17) is 9.47 Å². The molecule has 3 rings (SSSR count). The molecule has 0 aliphatic carbocycles. The molecular formula is C12H9NO4. The summed E-state index contributed by atoms with van der Waals surface area (Å²) >= 11 is 0. The second-order valence-electron chi connectivity index (χ2n) is 3.84. The molecule has 1 aromatic carbocycles. The lowest BCUT2D eigenvalue weighted by molar-refractivity contribution is -0.124. The van der Waals surface area contributed by atoms with Gasteiger partial charge in [-0.3, -0.25) is 14.9 Å². The van der Waals surface area contributed by atoms with Gasteiger partial charge in [-0.2, -0.15) is 0 Å². The fraction of sp³-hybridized carbons (Fsp3) is 0.167. The van der Waals surface area contributed by atoms with Crippen LogP contribution < -0.4 is 14.8 Å². The molecule has 1 aromatic rings. The van der Waals surface area contributed by atoms with E-state index in [9.17, 15) is 9.59 Å². The number of ether oxygens (including phenoxy) is 2. The number of hydrogen-bond donors (Lipinski definition) is 1. The van der Waals surface area contributed by atoms with Crippen LogP contribution in [0.25, 0.3) is 6.08 Å². The van der Waals surface area contributed by atoms with E-state index in [1.165, 1.54) is 0 Å². The average molecular weight is 231 g/mol. The van der Waals surface area contributed by atoms with E-state index in [0.717, 1.165) is 5.56 Å². The number of amides is 2. The molecule has 17 heavy (non-hydrogen) atoms. The molecule has 1 N–H and O–H groups in total. The van der Waals surface area contributed by atoms with Gasteiger partial charge in [-0.15, -0.1) is 0 Å². The van der Waals surface area contributed by atoms with Gasteiger partial charge in [-0.1, -0.05) is 6.07 Å². The zero-order chi connectivity index (χ0) is 11.8. The molecule has 1 saturated heterocycles. The van der Waals surface area contributed by atoms with E-state index < -0.39 is 0 Å². The Morgan fingerprint density at radius 1 is 1.18 bits per heavy atom. The topological polar surface area (TPSA) is 64.6 Å². The quantitative estimate of drug-likeness (QED) is 0.574. The molecule has 5 heteroatoms. The van der Waals surface area contributed by atoms with Crippen LogP contribution in [0, 0.1) is 0 Å². The molecule has 5 nitrogen and oxygen atoms in total. The summed E-state index contributed by atoms with van der Waals surface area (Å²) in [5.74, 6) is 0.762. The molecular weight excluding hydrogens is 222 g/mol. The Balaban J connectivity index is 1.93. The lowest BCUT2D eigenvalue weighted by Gasteiger charge is -1.98. The van der Waals surface area contributed by atoms with E-state index in [1.807, 2.05) is 6.07 Å². The number of fused-ring (bicyclic) bond motifs is 1. The lowest BCUT2D eigenvalue weighted by atomic mass is 10.1. The van der Waals surface area contributed by atoms with Crippen LogP contribution in [0.4, 0.5) is 0 Å². The van der Waals surface area contributed by atoms with Gasteiger partial charge >= 0.3 is 0 Å². The number of rotatable bonds is 1. The molecule has 2 aliphatic heterocycles. The van der Waals surface area contributed by atoms with E-state index in [1.54, 1.807) is 18.2 Å². The van der Waals surface area contributed by atoms with Crippen molar-refractivity contribution in [3.05, 3.63) is 29.3 Å². The number of carbonyl (C=O) groups is 2. The Bertz CT molecular complexity index is 547. The van der Waals surface area contributed by atoms with E-state index >= 15 is 0 Å². The summed E-state index contributed by atoms with van der Waals surface area (Å²) < 4.78 is 10.4. The molecule has 1 fully saturated rings. The lowest BCUT2D eigenvalue weighted by Crippen LogP contribution is -2.19. The third-order valence-corrected chi connectivity index (χ3v) is 2.63. The maximum absolute atomic E-state index is 11.4. The predicted molar refractivity (Wildman–Crippen MR) is 58.3 cm³/mol. The van der Waals surface area contributed by atoms with Crippen molar-refractivity contribution in [2.75, 3.05) is 6.79 Å². The summed E-state index contributed by atoms with van der Waals surface area (Å²) in [6, 6.07) is 5.38. The predicted octanol–water partition coefficient (Wildman–Crippen LogP) is 0.845. The van der Waals surface area contributed by atoms with Crippen molar-refractivity contribution in [2.24, 2.45) is 0 Å². The molecule has 2 aliphatic rings. The van der Waals surface area contributed by atoms with Crippen LogP contribution in [-0.2, 0) is 9.59 Å². The Labute approximate surface area is 97.0 Å². The van der Waals surface area contributed by atoms with Gasteiger partial charge in [0, 0.05) is 5.57 Å². The van der Waals surface area contributed by atoms with Crippen molar-refractivity contribution in [2.45, 2.75) is 6.42 Å². The standard InChI is InChI=1S/C12H9NO4/c14-11-5-8(12(15)13-11)3-7-1-2-9-10(4-7)17-6-16-9/h1-4H,5-6H2,(H,13,14,15)/b8-3+. The fourth-order valence-corrected chi connectivity index (χ4v) is 1.83. The Kier molecular flexibility index (Phi) is 2.11. The largest absolute Gasteiger partial charge is 0.454 e. The van der Waals surface area contributed by atoms with Gasteiger partial charge in [-0.25, -0.2) is 0 Å². The van der Waals surface area contributed by atoms with Crippen molar-refractivity contribution >= 4 is 17.9 Å². The van der Waals surface area contributed by atoms with Crippen molar-refractivity contribution in [1.29, 1.82) is 0 Å². The fourth-order valence-electron chi connectivity index (χ4n) is 1.83. The van der Waals surface area contributed by atoms with Gasteiger partial charge in [-0.05, 0) is 23.8 Å². The first-order chi connectivity index (χ1) is 8.22. The monoisotopic (exact) mass is 231 g/mol. The van der Waals surface area contributed by atoms with Gasteiger partial charge in [0.25, 0.3) is 5.91 Å². The van der Waals surface area contributed by atoms with E-state index in [-0.39, 0.29) is 25.0 Å². The van der Waals surface area contributed by atoms with Crippen molar-refractivity contribution in [3.63, 3.8) is 0 Å². The maximum atomic E-state index is 11.4. The number of hydrogen-bond acceptors (Lipinski definition) is 4. The molecule has 86 valence electrons. The van der Waals surface area contributed by atoms with Crippen molar-refractivity contribution in [1.82, 2.24) is 5.32 Å². The molecule has 0 saturated carbocycles. The summed E-state index contributed by atoms with van der Waals surface area (Å²) in [7, 11) is 0. The molecule has 0 radical (unpaired) electrons. The number of nitrogens with one attached hydrogen (secondary N) is 1. The van der Waals surface area contributed by atoms with E-state index in [0.29, 0.717) is 17.1 Å². The van der Waals surface area contributed by atoms with Crippen LogP contribution in [0.3, 0.4) is 0 Å². The second-order valence-corrected chi connectivity index (χ2v) is 3.84. The molecule has 2 amide bonds. The molecule has 0 bridgehead atoms. The van der Waals surface area contributed by atoms with E-state index in [2.05, 4.69) is 5.32 Å². The Morgan fingerprint density at radius 3 is 2.76 bits per heavy atom. The summed E-state index contributed by atoms with van der Waals surface area (Å²) in [6.07, 6.45) is 1.81. The highest BCUT2D eigenvalue weighted by Crippen LogP contribution is 2.33.